The van der Waals surface area contributed by atoms with Crippen molar-refractivity contribution in [1.82, 2.24) is 0 Å². The molecule has 0 heterocycles. The molecule has 1 saturated carbocycles. The third kappa shape index (κ3) is 2.41. The lowest BCUT2D eigenvalue weighted by Crippen LogP contribution is -2.32. The highest BCUT2D eigenvalue weighted by Crippen LogP contribution is 2.41. The van der Waals surface area contributed by atoms with Crippen molar-refractivity contribution in [3.63, 3.8) is 0 Å². The number of hydrogen-bond donors (Lipinski definition) is 2. The Kier molecular flexibility index (Phi) is 3.61. The molecule has 4 heteroatoms. The molecule has 1 aliphatic rings. The van der Waals surface area contributed by atoms with Gasteiger partial charge >= 0.3 is 0 Å². The molecule has 1 aromatic rings. The highest BCUT2D eigenvalue weighted by atomic mass is 35.5. The second kappa shape index (κ2) is 4.84. The van der Waals surface area contributed by atoms with Gasteiger partial charge in [0, 0.05) is 0 Å². The number of methoxy groups -OCH3 is 1. The van der Waals surface area contributed by atoms with Crippen molar-refractivity contribution in [3.05, 3.63) is 28.8 Å². The van der Waals surface area contributed by atoms with Crippen LogP contribution in [0.4, 0.5) is 0 Å². The summed E-state index contributed by atoms with van der Waals surface area (Å²) in [5.74, 6) is 0.518. The van der Waals surface area contributed by atoms with Gasteiger partial charge in [0.1, 0.15) is 11.9 Å². The van der Waals surface area contributed by atoms with Gasteiger partial charge in [-0.3, -0.25) is 0 Å². The Bertz CT molecular complexity index is 400. The van der Waals surface area contributed by atoms with Crippen LogP contribution in [0.2, 0.25) is 5.02 Å². The molecule has 3 nitrogen and oxygen atoms in total. The molecule has 2 rings (SSSR count). The van der Waals surface area contributed by atoms with E-state index in [-0.39, 0.29) is 0 Å². The summed E-state index contributed by atoms with van der Waals surface area (Å²) >= 11 is 5.93. The van der Waals surface area contributed by atoms with Crippen LogP contribution in [0.3, 0.4) is 0 Å². The van der Waals surface area contributed by atoms with Gasteiger partial charge in [-0.15, -0.1) is 0 Å². The fraction of sp³-hybridized carbons (Fsp3) is 0.538. The number of rotatable bonds is 3. The minimum Gasteiger partial charge on any atom is -0.495 e. The first-order chi connectivity index (χ1) is 8.07. The second-order valence-corrected chi connectivity index (χ2v) is 5.01. The zero-order chi connectivity index (χ0) is 12.5. The van der Waals surface area contributed by atoms with Gasteiger partial charge in [-0.1, -0.05) is 30.5 Å². The average Bonchev–Trinajstić information content (AvgIpc) is 2.77. The summed E-state index contributed by atoms with van der Waals surface area (Å²) in [6.45, 7) is 0. The van der Waals surface area contributed by atoms with Gasteiger partial charge in [-0.25, -0.2) is 0 Å². The van der Waals surface area contributed by atoms with E-state index in [2.05, 4.69) is 0 Å². The minimum atomic E-state index is -1.00. The molecule has 0 aromatic heterocycles. The molecule has 1 fully saturated rings. The van der Waals surface area contributed by atoms with E-state index < -0.39 is 11.7 Å². The summed E-state index contributed by atoms with van der Waals surface area (Å²) in [7, 11) is 1.53. The number of halogens is 1. The predicted molar refractivity (Wildman–Crippen MR) is 66.4 cm³/mol. The Morgan fingerprint density at radius 3 is 2.59 bits per heavy atom. The number of hydrogen-bond acceptors (Lipinski definition) is 3. The predicted octanol–water partition coefficient (Wildman–Crippen LogP) is 2.69. The van der Waals surface area contributed by atoms with Crippen molar-refractivity contribution in [3.8, 4) is 5.75 Å². The maximum atomic E-state index is 10.3. The quantitative estimate of drug-likeness (QED) is 0.874. The lowest BCUT2D eigenvalue weighted by Gasteiger charge is -2.29. The van der Waals surface area contributed by atoms with Crippen LogP contribution in [-0.2, 0) is 0 Å². The number of aliphatic hydroxyl groups is 2. The molecule has 2 N–H and O–H groups in total. The Morgan fingerprint density at radius 1 is 1.35 bits per heavy atom. The van der Waals surface area contributed by atoms with Crippen LogP contribution in [0.5, 0.6) is 5.75 Å². The Hall–Kier alpha value is -0.770. The maximum Gasteiger partial charge on any atom is 0.137 e. The summed E-state index contributed by atoms with van der Waals surface area (Å²) < 4.78 is 5.11. The van der Waals surface area contributed by atoms with Crippen molar-refractivity contribution in [2.24, 2.45) is 0 Å². The molecule has 1 atom stereocenters. The third-order valence-corrected chi connectivity index (χ3v) is 3.78. The number of benzene rings is 1. The molecule has 1 aliphatic carbocycles. The Morgan fingerprint density at radius 2 is 2.00 bits per heavy atom. The van der Waals surface area contributed by atoms with Crippen molar-refractivity contribution in [2.75, 3.05) is 7.11 Å². The summed E-state index contributed by atoms with van der Waals surface area (Å²) in [5.41, 5.74) is -0.352. The number of aliphatic hydroxyl groups excluding tert-OH is 1. The van der Waals surface area contributed by atoms with Gasteiger partial charge in [-0.2, -0.15) is 0 Å². The molecule has 0 bridgehead atoms. The number of ether oxygens (including phenoxy) is 1. The van der Waals surface area contributed by atoms with E-state index in [4.69, 9.17) is 16.3 Å². The van der Waals surface area contributed by atoms with Gasteiger partial charge in [-0.05, 0) is 30.5 Å². The molecule has 94 valence electrons. The molecule has 17 heavy (non-hydrogen) atoms. The fourth-order valence-corrected chi connectivity index (χ4v) is 2.61. The van der Waals surface area contributed by atoms with Crippen LogP contribution in [0, 0.1) is 0 Å². The summed E-state index contributed by atoms with van der Waals surface area (Å²) in [6.07, 6.45) is 2.31. The first kappa shape index (κ1) is 12.7. The van der Waals surface area contributed by atoms with Crippen molar-refractivity contribution >= 4 is 11.6 Å². The van der Waals surface area contributed by atoms with Crippen LogP contribution in [0.1, 0.15) is 37.4 Å². The summed E-state index contributed by atoms with van der Waals surface area (Å²) in [5, 5.41) is 21.1. The topological polar surface area (TPSA) is 49.7 Å². The largest absolute Gasteiger partial charge is 0.495 e. The van der Waals surface area contributed by atoms with Crippen molar-refractivity contribution < 1.29 is 14.9 Å². The highest BCUT2D eigenvalue weighted by molar-refractivity contribution is 6.32. The third-order valence-electron chi connectivity index (χ3n) is 3.47. The lowest BCUT2D eigenvalue weighted by atomic mass is 9.89. The molecule has 1 unspecified atom stereocenters. The van der Waals surface area contributed by atoms with E-state index >= 15 is 0 Å². The first-order valence-corrected chi connectivity index (χ1v) is 6.18. The molecule has 0 aliphatic heterocycles. The summed E-state index contributed by atoms with van der Waals surface area (Å²) in [4.78, 5) is 0. The van der Waals surface area contributed by atoms with E-state index in [0.29, 0.717) is 29.2 Å². The normalized spacial score (nSPS) is 20.2. The standard InChI is InChI=1S/C13H17ClO3/c1-17-11-8-9(4-5-10(11)14)12(15)13(16)6-2-3-7-13/h4-5,8,12,15-16H,2-3,6-7H2,1H3. The van der Waals surface area contributed by atoms with Crippen LogP contribution >= 0.6 is 11.6 Å². The van der Waals surface area contributed by atoms with E-state index in [1.807, 2.05) is 0 Å². The van der Waals surface area contributed by atoms with E-state index in [1.165, 1.54) is 7.11 Å². The van der Waals surface area contributed by atoms with Crippen molar-refractivity contribution in [1.29, 1.82) is 0 Å². The zero-order valence-electron chi connectivity index (χ0n) is 9.82. The zero-order valence-corrected chi connectivity index (χ0v) is 10.6. The fourth-order valence-electron chi connectivity index (χ4n) is 2.42. The SMILES string of the molecule is COc1cc(C(O)C2(O)CCCC2)ccc1Cl. The Balaban J connectivity index is 2.27. The Labute approximate surface area is 106 Å². The minimum absolute atomic E-state index is 0.502. The van der Waals surface area contributed by atoms with Crippen LogP contribution < -0.4 is 4.74 Å². The first-order valence-electron chi connectivity index (χ1n) is 5.81. The molecular formula is C13H17ClO3. The van der Waals surface area contributed by atoms with Crippen LogP contribution in [0.15, 0.2) is 18.2 Å². The molecule has 0 amide bonds. The summed E-state index contributed by atoms with van der Waals surface area (Å²) in [6, 6.07) is 5.09. The van der Waals surface area contributed by atoms with Gasteiger partial charge in [0.25, 0.3) is 0 Å². The smallest absolute Gasteiger partial charge is 0.137 e. The van der Waals surface area contributed by atoms with E-state index in [9.17, 15) is 10.2 Å². The second-order valence-electron chi connectivity index (χ2n) is 4.61. The monoisotopic (exact) mass is 256 g/mol. The van der Waals surface area contributed by atoms with Crippen LogP contribution in [0.25, 0.3) is 0 Å². The molecule has 0 spiro atoms. The molecule has 0 radical (unpaired) electrons. The molecule has 0 saturated heterocycles. The van der Waals surface area contributed by atoms with Crippen molar-refractivity contribution in [2.45, 2.75) is 37.4 Å². The highest BCUT2D eigenvalue weighted by Gasteiger charge is 2.39. The molecule has 1 aromatic carbocycles. The van der Waals surface area contributed by atoms with Gasteiger partial charge in [0.05, 0.1) is 17.7 Å². The lowest BCUT2D eigenvalue weighted by molar-refractivity contribution is -0.0719. The van der Waals surface area contributed by atoms with E-state index in [1.54, 1.807) is 18.2 Å². The van der Waals surface area contributed by atoms with Gasteiger partial charge in [0.2, 0.25) is 0 Å². The van der Waals surface area contributed by atoms with Crippen LogP contribution in [-0.4, -0.2) is 22.9 Å². The average molecular weight is 257 g/mol. The van der Waals surface area contributed by atoms with Gasteiger partial charge < -0.3 is 14.9 Å². The van der Waals surface area contributed by atoms with Gasteiger partial charge in [0.15, 0.2) is 0 Å². The molecular weight excluding hydrogens is 240 g/mol. The van der Waals surface area contributed by atoms with E-state index in [0.717, 1.165) is 12.8 Å². The maximum absolute atomic E-state index is 10.3.